The van der Waals surface area contributed by atoms with E-state index in [4.69, 9.17) is 0 Å². The largest absolute Gasteiger partial charge is 0.401 e. The van der Waals surface area contributed by atoms with Gasteiger partial charge in [-0.15, -0.1) is 0 Å². The van der Waals surface area contributed by atoms with Gasteiger partial charge in [-0.05, 0) is 6.07 Å². The zero-order valence-electron chi connectivity index (χ0n) is 7.10. The molecule has 0 bridgehead atoms. The van der Waals surface area contributed by atoms with Crippen LogP contribution in [0.3, 0.4) is 0 Å². The zero-order valence-corrected chi connectivity index (χ0v) is 7.10. The summed E-state index contributed by atoms with van der Waals surface area (Å²) in [6.45, 7) is -0.797. The van der Waals surface area contributed by atoms with E-state index in [2.05, 4.69) is 10.4 Å². The number of aromatic nitrogens is 2. The Hall–Kier alpha value is -1.04. The molecule has 0 aliphatic rings. The van der Waals surface area contributed by atoms with Gasteiger partial charge in [0.2, 0.25) is 0 Å². The molecule has 1 aromatic heterocycles. The highest BCUT2D eigenvalue weighted by Gasteiger charge is 2.26. The lowest BCUT2D eigenvalue weighted by Crippen LogP contribution is -2.28. The van der Waals surface area contributed by atoms with Crippen molar-refractivity contribution >= 4 is 0 Å². The Kier molecular flexibility index (Phi) is 2.92. The number of aryl methyl sites for hydroxylation is 1. The van der Waals surface area contributed by atoms with Crippen LogP contribution in [0.1, 0.15) is 5.69 Å². The molecule has 0 saturated heterocycles. The number of nitrogens with zero attached hydrogens (tertiary/aromatic N) is 2. The third-order valence-electron chi connectivity index (χ3n) is 1.55. The van der Waals surface area contributed by atoms with Gasteiger partial charge in [0.15, 0.2) is 0 Å². The monoisotopic (exact) mass is 193 g/mol. The number of rotatable bonds is 3. The van der Waals surface area contributed by atoms with Crippen molar-refractivity contribution in [3.8, 4) is 0 Å². The van der Waals surface area contributed by atoms with Crippen LogP contribution in [0.5, 0.6) is 0 Å². The van der Waals surface area contributed by atoms with Gasteiger partial charge in [0.1, 0.15) is 0 Å². The van der Waals surface area contributed by atoms with Crippen LogP contribution in [0.15, 0.2) is 12.3 Å². The van der Waals surface area contributed by atoms with Crippen LogP contribution < -0.4 is 5.32 Å². The maximum atomic E-state index is 11.7. The Morgan fingerprint density at radius 3 is 2.69 bits per heavy atom. The van der Waals surface area contributed by atoms with Crippen molar-refractivity contribution < 1.29 is 13.2 Å². The average Bonchev–Trinajstić information content (AvgIpc) is 2.34. The average molecular weight is 193 g/mol. The van der Waals surface area contributed by atoms with Gasteiger partial charge in [-0.25, -0.2) is 0 Å². The van der Waals surface area contributed by atoms with Gasteiger partial charge in [0.25, 0.3) is 0 Å². The van der Waals surface area contributed by atoms with E-state index in [0.717, 1.165) is 5.69 Å². The number of hydrogen-bond donors (Lipinski definition) is 1. The van der Waals surface area contributed by atoms with E-state index in [1.807, 2.05) is 0 Å². The molecule has 0 aromatic carbocycles. The van der Waals surface area contributed by atoms with Crippen LogP contribution in [0.2, 0.25) is 0 Å². The molecule has 1 heterocycles. The molecule has 0 amide bonds. The van der Waals surface area contributed by atoms with E-state index in [9.17, 15) is 13.2 Å². The molecule has 3 nitrogen and oxygen atoms in total. The van der Waals surface area contributed by atoms with Crippen LogP contribution in [-0.2, 0) is 13.6 Å². The van der Waals surface area contributed by atoms with Crippen LogP contribution in [-0.4, -0.2) is 22.5 Å². The van der Waals surface area contributed by atoms with Gasteiger partial charge in [0, 0.05) is 19.8 Å². The van der Waals surface area contributed by atoms with Crippen molar-refractivity contribution in [2.45, 2.75) is 12.7 Å². The Morgan fingerprint density at radius 2 is 2.23 bits per heavy atom. The molecule has 6 heteroatoms. The smallest absolute Gasteiger partial charge is 0.303 e. The SMILES string of the molecule is Cn1nccc1CNCC(F)(F)F. The maximum absolute atomic E-state index is 11.7. The van der Waals surface area contributed by atoms with E-state index in [-0.39, 0.29) is 6.54 Å². The van der Waals surface area contributed by atoms with E-state index in [1.165, 1.54) is 4.68 Å². The first-order chi connectivity index (χ1) is 5.99. The molecule has 0 spiro atoms. The summed E-state index contributed by atoms with van der Waals surface area (Å²) < 4.78 is 36.6. The van der Waals surface area contributed by atoms with Crippen molar-refractivity contribution in [3.05, 3.63) is 18.0 Å². The third-order valence-corrected chi connectivity index (χ3v) is 1.55. The van der Waals surface area contributed by atoms with E-state index in [1.54, 1.807) is 19.3 Å². The Balaban J connectivity index is 2.32. The summed E-state index contributed by atoms with van der Waals surface area (Å²) in [7, 11) is 1.69. The highest BCUT2D eigenvalue weighted by atomic mass is 19.4. The second-order valence-corrected chi connectivity index (χ2v) is 2.66. The fourth-order valence-corrected chi connectivity index (χ4v) is 0.907. The second kappa shape index (κ2) is 3.78. The normalized spacial score (nSPS) is 12.0. The molecule has 0 aliphatic carbocycles. The molecule has 0 radical (unpaired) electrons. The molecule has 1 rings (SSSR count). The minimum Gasteiger partial charge on any atom is -0.303 e. The van der Waals surface area contributed by atoms with Gasteiger partial charge in [-0.3, -0.25) is 4.68 Å². The van der Waals surface area contributed by atoms with Gasteiger partial charge in [-0.1, -0.05) is 0 Å². The molecule has 74 valence electrons. The molecule has 0 saturated carbocycles. The van der Waals surface area contributed by atoms with Gasteiger partial charge < -0.3 is 5.32 Å². The van der Waals surface area contributed by atoms with Gasteiger partial charge >= 0.3 is 6.18 Å². The zero-order chi connectivity index (χ0) is 9.90. The Labute approximate surface area is 73.5 Å². The highest BCUT2D eigenvalue weighted by molar-refractivity contribution is 4.99. The lowest BCUT2D eigenvalue weighted by Gasteiger charge is -2.07. The summed E-state index contributed by atoms with van der Waals surface area (Å²) in [5.41, 5.74) is 0.726. The molecular formula is C7H10F3N3. The van der Waals surface area contributed by atoms with E-state index in [0.29, 0.717) is 0 Å². The number of nitrogens with one attached hydrogen (secondary N) is 1. The van der Waals surface area contributed by atoms with Gasteiger partial charge in [0.05, 0.1) is 12.2 Å². The first-order valence-corrected chi connectivity index (χ1v) is 3.73. The van der Waals surface area contributed by atoms with Crippen LogP contribution >= 0.6 is 0 Å². The predicted octanol–water partition coefficient (Wildman–Crippen LogP) is 1.07. The molecule has 1 N–H and O–H groups in total. The summed E-state index contributed by atoms with van der Waals surface area (Å²) in [5, 5.41) is 6.11. The van der Waals surface area contributed by atoms with Crippen LogP contribution in [0, 0.1) is 0 Å². The summed E-state index contributed by atoms with van der Waals surface area (Å²) in [6.07, 6.45) is -2.61. The summed E-state index contributed by atoms with van der Waals surface area (Å²) in [4.78, 5) is 0. The van der Waals surface area contributed by atoms with E-state index >= 15 is 0 Å². The van der Waals surface area contributed by atoms with Crippen molar-refractivity contribution in [1.82, 2.24) is 15.1 Å². The number of alkyl halides is 3. The first-order valence-electron chi connectivity index (χ1n) is 3.73. The molecule has 13 heavy (non-hydrogen) atoms. The van der Waals surface area contributed by atoms with Crippen molar-refractivity contribution in [3.63, 3.8) is 0 Å². The van der Waals surface area contributed by atoms with Crippen molar-refractivity contribution in [1.29, 1.82) is 0 Å². The lowest BCUT2D eigenvalue weighted by molar-refractivity contribution is -0.125. The summed E-state index contributed by atoms with van der Waals surface area (Å²) >= 11 is 0. The minimum absolute atomic E-state index is 0.177. The topological polar surface area (TPSA) is 29.9 Å². The van der Waals surface area contributed by atoms with E-state index < -0.39 is 12.7 Å². The summed E-state index contributed by atoms with van der Waals surface area (Å²) in [5.74, 6) is 0. The Bertz CT molecular complexity index is 266. The van der Waals surface area contributed by atoms with Crippen LogP contribution in [0.4, 0.5) is 13.2 Å². The fourth-order valence-electron chi connectivity index (χ4n) is 0.907. The quantitative estimate of drug-likeness (QED) is 0.778. The maximum Gasteiger partial charge on any atom is 0.401 e. The number of hydrogen-bond acceptors (Lipinski definition) is 2. The molecule has 1 aromatic rings. The number of halogens is 3. The van der Waals surface area contributed by atoms with Crippen molar-refractivity contribution in [2.75, 3.05) is 6.54 Å². The fraction of sp³-hybridized carbons (Fsp3) is 0.571. The Morgan fingerprint density at radius 1 is 1.54 bits per heavy atom. The van der Waals surface area contributed by atoms with Crippen LogP contribution in [0.25, 0.3) is 0 Å². The molecular weight excluding hydrogens is 183 g/mol. The molecule has 0 aliphatic heterocycles. The predicted molar refractivity (Wildman–Crippen MR) is 41.0 cm³/mol. The minimum atomic E-state index is -4.15. The van der Waals surface area contributed by atoms with Gasteiger partial charge in [-0.2, -0.15) is 18.3 Å². The second-order valence-electron chi connectivity index (χ2n) is 2.66. The lowest BCUT2D eigenvalue weighted by atomic mass is 10.4. The third kappa shape index (κ3) is 3.45. The molecule has 0 unspecified atom stereocenters. The van der Waals surface area contributed by atoms with Crippen molar-refractivity contribution in [2.24, 2.45) is 7.05 Å². The first kappa shape index (κ1) is 10.0. The standard InChI is InChI=1S/C7H10F3N3/c1-13-6(2-3-12-13)4-11-5-7(8,9)10/h2-3,11H,4-5H2,1H3. The molecule has 0 atom stereocenters. The highest BCUT2D eigenvalue weighted by Crippen LogP contribution is 2.12. The molecule has 0 fully saturated rings. The summed E-state index contributed by atoms with van der Waals surface area (Å²) in [6, 6.07) is 1.67.